The Balaban J connectivity index is 0.000000534. The summed E-state index contributed by atoms with van der Waals surface area (Å²) in [6.07, 6.45) is 0.816. The predicted octanol–water partition coefficient (Wildman–Crippen LogP) is 2.13. The second-order valence-electron chi connectivity index (χ2n) is 7.15. The number of hydrogen-bond donors (Lipinski definition) is 2. The molecule has 0 saturated carbocycles. The van der Waals surface area contributed by atoms with E-state index in [1.807, 2.05) is 36.6 Å². The van der Waals surface area contributed by atoms with Crippen LogP contribution in [0.15, 0.2) is 46.7 Å². The van der Waals surface area contributed by atoms with E-state index in [9.17, 15) is 8.42 Å². The first-order valence-electron chi connectivity index (χ1n) is 10.1. The normalized spacial score (nSPS) is 14.6. The Morgan fingerprint density at radius 3 is 2.25 bits per heavy atom. The van der Waals surface area contributed by atoms with Crippen molar-refractivity contribution in [3.63, 3.8) is 0 Å². The van der Waals surface area contributed by atoms with Gasteiger partial charge in [-0.05, 0) is 43.5 Å². The number of aliphatic carboxylic acids is 2. The van der Waals surface area contributed by atoms with Gasteiger partial charge in [-0.3, -0.25) is 4.90 Å². The van der Waals surface area contributed by atoms with Crippen molar-refractivity contribution in [1.29, 1.82) is 0 Å². The van der Waals surface area contributed by atoms with Gasteiger partial charge in [0.15, 0.2) is 0 Å². The summed E-state index contributed by atoms with van der Waals surface area (Å²) in [5.41, 5.74) is 1.06. The standard InChI is InChI=1S/C19H26N2O3S2.C2H2O4/c1-17-5-7-19(8-6-17)26(22,23)21(16-18-4-2-15-25-18)10-3-9-20-11-13-24-14-12-20;3-1(4)2(5)6/h2,4-8,15H,3,9-14,16H2,1H3;(H,3,4)(H,5,6). The first-order valence-corrected chi connectivity index (χ1v) is 12.4. The molecule has 0 bridgehead atoms. The molecule has 2 heterocycles. The summed E-state index contributed by atoms with van der Waals surface area (Å²) >= 11 is 1.59. The summed E-state index contributed by atoms with van der Waals surface area (Å²) in [5, 5.41) is 16.8. The van der Waals surface area contributed by atoms with Gasteiger partial charge < -0.3 is 14.9 Å². The molecule has 1 aliphatic heterocycles. The van der Waals surface area contributed by atoms with Crippen molar-refractivity contribution >= 4 is 33.3 Å². The topological polar surface area (TPSA) is 124 Å². The van der Waals surface area contributed by atoms with Gasteiger partial charge in [0.25, 0.3) is 0 Å². The van der Waals surface area contributed by atoms with Gasteiger partial charge in [-0.2, -0.15) is 4.31 Å². The highest BCUT2D eigenvalue weighted by Crippen LogP contribution is 2.21. The fourth-order valence-corrected chi connectivity index (χ4v) is 5.27. The predicted molar refractivity (Wildman–Crippen MR) is 120 cm³/mol. The molecule has 0 unspecified atom stereocenters. The number of nitrogens with zero attached hydrogens (tertiary/aromatic N) is 2. The third kappa shape index (κ3) is 8.32. The number of carbonyl (C=O) groups is 2. The lowest BCUT2D eigenvalue weighted by Crippen LogP contribution is -2.39. The molecule has 9 nitrogen and oxygen atoms in total. The van der Waals surface area contributed by atoms with Crippen LogP contribution >= 0.6 is 11.3 Å². The van der Waals surface area contributed by atoms with Gasteiger partial charge in [0, 0.05) is 31.1 Å². The van der Waals surface area contributed by atoms with Crippen LogP contribution in [0.2, 0.25) is 0 Å². The second-order valence-corrected chi connectivity index (χ2v) is 10.1. The van der Waals surface area contributed by atoms with Gasteiger partial charge in [0.2, 0.25) is 10.0 Å². The minimum Gasteiger partial charge on any atom is -0.473 e. The van der Waals surface area contributed by atoms with Gasteiger partial charge in [-0.15, -0.1) is 11.3 Å². The molecule has 2 aromatic rings. The van der Waals surface area contributed by atoms with Gasteiger partial charge in [-0.1, -0.05) is 23.8 Å². The monoisotopic (exact) mass is 484 g/mol. The minimum atomic E-state index is -3.50. The van der Waals surface area contributed by atoms with Crippen LogP contribution in [0.25, 0.3) is 0 Å². The maximum atomic E-state index is 13.1. The molecule has 1 aromatic heterocycles. The van der Waals surface area contributed by atoms with Crippen LogP contribution in [-0.2, 0) is 30.9 Å². The first kappa shape index (κ1) is 25.9. The summed E-state index contributed by atoms with van der Waals surface area (Å²) in [6, 6.07) is 11.1. The zero-order valence-electron chi connectivity index (χ0n) is 17.8. The Labute approximate surface area is 191 Å². The van der Waals surface area contributed by atoms with Gasteiger partial charge in [-0.25, -0.2) is 18.0 Å². The van der Waals surface area contributed by atoms with Gasteiger partial charge >= 0.3 is 11.9 Å². The molecule has 1 aromatic carbocycles. The fraction of sp³-hybridized carbons (Fsp3) is 0.429. The van der Waals surface area contributed by atoms with Crippen LogP contribution in [0, 0.1) is 6.92 Å². The van der Waals surface area contributed by atoms with E-state index in [0.717, 1.165) is 49.7 Å². The Bertz CT molecular complexity index is 943. The second kappa shape index (κ2) is 12.7. The lowest BCUT2D eigenvalue weighted by Gasteiger charge is -2.28. The maximum absolute atomic E-state index is 13.1. The summed E-state index contributed by atoms with van der Waals surface area (Å²) in [7, 11) is -3.50. The van der Waals surface area contributed by atoms with Crippen molar-refractivity contribution in [3.8, 4) is 0 Å². The van der Waals surface area contributed by atoms with Crippen molar-refractivity contribution in [2.45, 2.75) is 24.8 Å². The number of rotatable bonds is 8. The quantitative estimate of drug-likeness (QED) is 0.546. The number of aryl methyl sites for hydroxylation is 1. The van der Waals surface area contributed by atoms with Crippen molar-refractivity contribution < 1.29 is 33.0 Å². The molecule has 0 amide bonds. The third-order valence-corrected chi connectivity index (χ3v) is 7.46. The smallest absolute Gasteiger partial charge is 0.414 e. The van der Waals surface area contributed by atoms with Crippen LogP contribution in [0.1, 0.15) is 16.9 Å². The third-order valence-electron chi connectivity index (χ3n) is 4.74. The average molecular weight is 485 g/mol. The summed E-state index contributed by atoms with van der Waals surface area (Å²) in [4.78, 5) is 22.0. The summed E-state index contributed by atoms with van der Waals surface area (Å²) in [5.74, 6) is -3.65. The molecule has 0 radical (unpaired) electrons. The molecule has 0 atom stereocenters. The number of benzene rings is 1. The summed E-state index contributed by atoms with van der Waals surface area (Å²) < 4.78 is 33.3. The van der Waals surface area contributed by atoms with Crippen LogP contribution in [-0.4, -0.2) is 79.2 Å². The van der Waals surface area contributed by atoms with Crippen LogP contribution in [0.5, 0.6) is 0 Å². The lowest BCUT2D eigenvalue weighted by molar-refractivity contribution is -0.159. The number of thiophene rings is 1. The van der Waals surface area contributed by atoms with E-state index in [2.05, 4.69) is 4.90 Å². The van der Waals surface area contributed by atoms with Crippen LogP contribution < -0.4 is 0 Å². The van der Waals surface area contributed by atoms with E-state index >= 15 is 0 Å². The fourth-order valence-electron chi connectivity index (χ4n) is 3.02. The molecular weight excluding hydrogens is 456 g/mol. The maximum Gasteiger partial charge on any atom is 0.414 e. The Morgan fingerprint density at radius 1 is 1.09 bits per heavy atom. The van der Waals surface area contributed by atoms with E-state index in [0.29, 0.717) is 18.0 Å². The van der Waals surface area contributed by atoms with Crippen molar-refractivity contribution in [2.24, 2.45) is 0 Å². The van der Waals surface area contributed by atoms with Crippen LogP contribution in [0.4, 0.5) is 0 Å². The largest absolute Gasteiger partial charge is 0.473 e. The zero-order valence-corrected chi connectivity index (χ0v) is 19.5. The van der Waals surface area contributed by atoms with Gasteiger partial charge in [0.05, 0.1) is 18.1 Å². The first-order chi connectivity index (χ1) is 15.2. The molecule has 0 aliphatic carbocycles. The minimum absolute atomic E-state index is 0.367. The van der Waals surface area contributed by atoms with E-state index in [1.165, 1.54) is 0 Å². The Hall–Kier alpha value is -2.31. The Morgan fingerprint density at radius 2 is 1.72 bits per heavy atom. The molecule has 11 heteroatoms. The SMILES string of the molecule is Cc1ccc(S(=O)(=O)N(CCCN2CCOCC2)Cc2cccs2)cc1.O=C(O)C(=O)O. The van der Waals surface area contributed by atoms with E-state index in [1.54, 1.807) is 27.8 Å². The molecule has 3 rings (SSSR count). The van der Waals surface area contributed by atoms with Gasteiger partial charge in [0.1, 0.15) is 0 Å². The van der Waals surface area contributed by atoms with Crippen molar-refractivity contribution in [1.82, 2.24) is 9.21 Å². The number of ether oxygens (including phenoxy) is 1. The highest BCUT2D eigenvalue weighted by atomic mass is 32.2. The summed E-state index contributed by atoms with van der Waals surface area (Å²) in [6.45, 7) is 7.19. The van der Waals surface area contributed by atoms with E-state index in [-0.39, 0.29) is 0 Å². The lowest BCUT2D eigenvalue weighted by atomic mass is 10.2. The molecular formula is C21H28N2O7S2. The van der Waals surface area contributed by atoms with E-state index in [4.69, 9.17) is 24.5 Å². The number of carboxylic acids is 2. The highest BCUT2D eigenvalue weighted by Gasteiger charge is 2.25. The Kier molecular flexibility index (Phi) is 10.3. The van der Waals surface area contributed by atoms with Crippen molar-refractivity contribution in [3.05, 3.63) is 52.2 Å². The molecule has 1 aliphatic rings. The molecule has 1 saturated heterocycles. The zero-order chi connectivity index (χ0) is 23.6. The highest BCUT2D eigenvalue weighted by molar-refractivity contribution is 7.89. The number of morpholine rings is 1. The van der Waals surface area contributed by atoms with E-state index < -0.39 is 22.0 Å². The van der Waals surface area contributed by atoms with Crippen LogP contribution in [0.3, 0.4) is 0 Å². The molecule has 0 spiro atoms. The van der Waals surface area contributed by atoms with Crippen molar-refractivity contribution in [2.75, 3.05) is 39.4 Å². The number of hydrogen-bond acceptors (Lipinski definition) is 7. The number of sulfonamides is 1. The molecule has 1 fully saturated rings. The molecule has 176 valence electrons. The molecule has 2 N–H and O–H groups in total. The number of carboxylic acid groups (broad SMARTS) is 2. The molecule has 32 heavy (non-hydrogen) atoms. The average Bonchev–Trinajstić information content (AvgIpc) is 3.28.